The summed E-state index contributed by atoms with van der Waals surface area (Å²) >= 11 is 0. The third kappa shape index (κ3) is 2.26. The van der Waals surface area contributed by atoms with Gasteiger partial charge in [0.15, 0.2) is 0 Å². The standard InChI is InChI=1S/C12H16N2/c1-4-7-14-11(8-10(2)3)5-6-12(14)9-13/h4-6,10H,1,7-8H2,2-3H3. The van der Waals surface area contributed by atoms with Crippen LogP contribution in [0.4, 0.5) is 0 Å². The molecule has 0 fully saturated rings. The van der Waals surface area contributed by atoms with Gasteiger partial charge >= 0.3 is 0 Å². The monoisotopic (exact) mass is 188 g/mol. The van der Waals surface area contributed by atoms with E-state index in [4.69, 9.17) is 5.26 Å². The van der Waals surface area contributed by atoms with Crippen LogP contribution in [0.25, 0.3) is 0 Å². The summed E-state index contributed by atoms with van der Waals surface area (Å²) in [6.45, 7) is 8.78. The lowest BCUT2D eigenvalue weighted by Gasteiger charge is -2.09. The predicted molar refractivity (Wildman–Crippen MR) is 57.9 cm³/mol. The minimum absolute atomic E-state index is 0.611. The molecule has 1 rings (SSSR count). The van der Waals surface area contributed by atoms with Gasteiger partial charge in [0.05, 0.1) is 0 Å². The Morgan fingerprint density at radius 2 is 2.29 bits per heavy atom. The van der Waals surface area contributed by atoms with Gasteiger partial charge in [0.2, 0.25) is 0 Å². The molecule has 0 N–H and O–H groups in total. The molecule has 0 saturated heterocycles. The van der Waals surface area contributed by atoms with E-state index in [1.165, 1.54) is 5.69 Å². The Bertz CT molecular complexity index is 353. The molecule has 0 atom stereocenters. The van der Waals surface area contributed by atoms with E-state index in [2.05, 4.69) is 26.5 Å². The minimum atomic E-state index is 0.611. The molecule has 2 nitrogen and oxygen atoms in total. The van der Waals surface area contributed by atoms with Gasteiger partial charge in [-0.2, -0.15) is 5.26 Å². The minimum Gasteiger partial charge on any atom is -0.333 e. The molecule has 0 aliphatic rings. The summed E-state index contributed by atoms with van der Waals surface area (Å²) in [4.78, 5) is 0. The van der Waals surface area contributed by atoms with Crippen molar-refractivity contribution in [1.82, 2.24) is 4.57 Å². The number of nitrogens with zero attached hydrogens (tertiary/aromatic N) is 2. The van der Waals surface area contributed by atoms with Crippen molar-refractivity contribution < 1.29 is 0 Å². The van der Waals surface area contributed by atoms with Gasteiger partial charge in [0.25, 0.3) is 0 Å². The van der Waals surface area contributed by atoms with Crippen LogP contribution in [-0.2, 0) is 13.0 Å². The quantitative estimate of drug-likeness (QED) is 0.668. The third-order valence-corrected chi connectivity index (χ3v) is 2.11. The van der Waals surface area contributed by atoms with Crippen LogP contribution in [0, 0.1) is 17.2 Å². The molecule has 0 radical (unpaired) electrons. The van der Waals surface area contributed by atoms with Gasteiger partial charge in [-0.15, -0.1) is 6.58 Å². The molecule has 1 aromatic rings. The maximum absolute atomic E-state index is 8.89. The first-order chi connectivity index (χ1) is 6.69. The first-order valence-corrected chi connectivity index (χ1v) is 4.88. The van der Waals surface area contributed by atoms with Gasteiger partial charge in [0, 0.05) is 12.2 Å². The smallest absolute Gasteiger partial charge is 0.120 e. The van der Waals surface area contributed by atoms with Gasteiger partial charge in [-0.25, -0.2) is 0 Å². The zero-order valence-corrected chi connectivity index (χ0v) is 8.83. The van der Waals surface area contributed by atoms with Crippen LogP contribution in [0.1, 0.15) is 25.2 Å². The third-order valence-electron chi connectivity index (χ3n) is 2.11. The number of allylic oxidation sites excluding steroid dienone is 1. The van der Waals surface area contributed by atoms with Gasteiger partial charge in [-0.05, 0) is 24.5 Å². The van der Waals surface area contributed by atoms with Gasteiger partial charge in [-0.1, -0.05) is 19.9 Å². The lowest BCUT2D eigenvalue weighted by molar-refractivity contribution is 0.605. The molecular formula is C12H16N2. The largest absolute Gasteiger partial charge is 0.333 e. The van der Waals surface area contributed by atoms with Crippen LogP contribution in [0.5, 0.6) is 0 Å². The lowest BCUT2D eigenvalue weighted by Crippen LogP contribution is -2.06. The molecule has 0 spiro atoms. The van der Waals surface area contributed by atoms with Crippen molar-refractivity contribution in [3.05, 3.63) is 36.2 Å². The summed E-state index contributed by atoms with van der Waals surface area (Å²) in [7, 11) is 0. The van der Waals surface area contributed by atoms with E-state index in [0.717, 1.165) is 18.7 Å². The van der Waals surface area contributed by atoms with E-state index >= 15 is 0 Å². The normalized spacial score (nSPS) is 10.1. The number of nitriles is 1. The van der Waals surface area contributed by atoms with Crippen molar-refractivity contribution >= 4 is 0 Å². The molecule has 0 unspecified atom stereocenters. The van der Waals surface area contributed by atoms with Crippen molar-refractivity contribution in [3.63, 3.8) is 0 Å². The van der Waals surface area contributed by atoms with Crippen LogP contribution in [0.3, 0.4) is 0 Å². The summed E-state index contributed by atoms with van der Waals surface area (Å²) in [5, 5.41) is 8.89. The van der Waals surface area contributed by atoms with Crippen molar-refractivity contribution in [3.8, 4) is 6.07 Å². The average Bonchev–Trinajstić information content (AvgIpc) is 2.48. The second-order valence-electron chi connectivity index (χ2n) is 3.82. The fourth-order valence-corrected chi connectivity index (χ4v) is 1.55. The first kappa shape index (κ1) is 10.6. The Kier molecular flexibility index (Phi) is 3.53. The van der Waals surface area contributed by atoms with Crippen molar-refractivity contribution in [1.29, 1.82) is 5.26 Å². The van der Waals surface area contributed by atoms with Crippen LogP contribution in [0.15, 0.2) is 24.8 Å². The van der Waals surface area contributed by atoms with Crippen molar-refractivity contribution in [2.75, 3.05) is 0 Å². The summed E-state index contributed by atoms with van der Waals surface area (Å²) in [6, 6.07) is 6.10. The van der Waals surface area contributed by atoms with Crippen molar-refractivity contribution in [2.24, 2.45) is 5.92 Å². The Labute approximate surface area is 85.5 Å². The molecule has 14 heavy (non-hydrogen) atoms. The van der Waals surface area contributed by atoms with E-state index in [9.17, 15) is 0 Å². The SMILES string of the molecule is C=CCn1c(C#N)ccc1CC(C)C. The highest BCUT2D eigenvalue weighted by Gasteiger charge is 2.07. The lowest BCUT2D eigenvalue weighted by atomic mass is 10.1. The Morgan fingerprint density at radius 3 is 2.79 bits per heavy atom. The summed E-state index contributed by atoms with van der Waals surface area (Å²) < 4.78 is 2.02. The maximum atomic E-state index is 8.89. The van der Waals surface area contributed by atoms with Gasteiger partial charge in [-0.3, -0.25) is 0 Å². The second kappa shape index (κ2) is 4.66. The predicted octanol–water partition coefficient (Wildman–Crippen LogP) is 2.74. The molecule has 74 valence electrons. The molecule has 0 amide bonds. The van der Waals surface area contributed by atoms with Gasteiger partial charge < -0.3 is 4.57 Å². The molecule has 2 heteroatoms. The highest BCUT2D eigenvalue weighted by Crippen LogP contribution is 2.13. The van der Waals surface area contributed by atoms with Crippen LogP contribution in [-0.4, -0.2) is 4.57 Å². The van der Waals surface area contributed by atoms with E-state index in [0.29, 0.717) is 5.92 Å². The molecule has 0 saturated carbocycles. The highest BCUT2D eigenvalue weighted by atomic mass is 15.0. The molecule has 1 heterocycles. The first-order valence-electron chi connectivity index (χ1n) is 4.88. The Hall–Kier alpha value is -1.49. The van der Waals surface area contributed by atoms with Gasteiger partial charge in [0.1, 0.15) is 11.8 Å². The van der Waals surface area contributed by atoms with Crippen molar-refractivity contribution in [2.45, 2.75) is 26.8 Å². The van der Waals surface area contributed by atoms with Crippen LogP contribution in [0.2, 0.25) is 0 Å². The zero-order valence-electron chi connectivity index (χ0n) is 8.83. The maximum Gasteiger partial charge on any atom is 0.120 e. The molecule has 0 aliphatic carbocycles. The van der Waals surface area contributed by atoms with Crippen LogP contribution >= 0.6 is 0 Å². The molecule has 0 bridgehead atoms. The molecule has 1 aromatic heterocycles. The zero-order chi connectivity index (χ0) is 10.6. The fraction of sp³-hybridized carbons (Fsp3) is 0.417. The number of hydrogen-bond acceptors (Lipinski definition) is 1. The summed E-state index contributed by atoms with van der Waals surface area (Å²) in [6.07, 6.45) is 2.83. The Balaban J connectivity index is 2.99. The second-order valence-corrected chi connectivity index (χ2v) is 3.82. The molecule has 0 aromatic carbocycles. The number of hydrogen-bond donors (Lipinski definition) is 0. The Morgan fingerprint density at radius 1 is 1.57 bits per heavy atom. The summed E-state index contributed by atoms with van der Waals surface area (Å²) in [5.41, 5.74) is 1.94. The number of rotatable bonds is 4. The van der Waals surface area contributed by atoms with Crippen LogP contribution < -0.4 is 0 Å². The fourth-order valence-electron chi connectivity index (χ4n) is 1.55. The average molecular weight is 188 g/mol. The van der Waals surface area contributed by atoms with E-state index in [1.54, 1.807) is 0 Å². The van der Waals surface area contributed by atoms with E-state index < -0.39 is 0 Å². The summed E-state index contributed by atoms with van der Waals surface area (Å²) in [5.74, 6) is 0.611. The number of aromatic nitrogens is 1. The van der Waals surface area contributed by atoms with E-state index in [1.807, 2.05) is 22.8 Å². The van der Waals surface area contributed by atoms with E-state index in [-0.39, 0.29) is 0 Å². The highest BCUT2D eigenvalue weighted by molar-refractivity contribution is 5.27. The molecular weight excluding hydrogens is 172 g/mol. The topological polar surface area (TPSA) is 28.7 Å². The molecule has 0 aliphatic heterocycles.